The molecule has 0 atom stereocenters. The third-order valence-electron chi connectivity index (χ3n) is 4.82. The summed E-state index contributed by atoms with van der Waals surface area (Å²) in [5, 5.41) is 10.9. The van der Waals surface area contributed by atoms with E-state index in [1.165, 1.54) is 68.1 Å². The Morgan fingerprint density at radius 3 is 1.23 bits per heavy atom. The second-order valence-electron chi connectivity index (χ2n) is 6.24. The molecule has 0 aliphatic carbocycles. The van der Waals surface area contributed by atoms with Gasteiger partial charge >= 0.3 is 0 Å². The smallest absolute Gasteiger partial charge is 0.125 e. The van der Waals surface area contributed by atoms with Gasteiger partial charge in [0.2, 0.25) is 0 Å². The lowest BCUT2D eigenvalue weighted by Crippen LogP contribution is -1.86. The maximum Gasteiger partial charge on any atom is 0.125 e. The van der Waals surface area contributed by atoms with Crippen LogP contribution in [0.25, 0.3) is 43.1 Å². The van der Waals surface area contributed by atoms with E-state index < -0.39 is 0 Å². The normalized spacial score (nSPS) is 12.9. The molecule has 1 aliphatic heterocycles. The Balaban J connectivity index is 0.000000215. The first-order chi connectivity index (χ1) is 12.9. The van der Waals surface area contributed by atoms with Crippen LogP contribution in [0.15, 0.2) is 97.8 Å². The topological polar surface area (TPSA) is 18.5 Å². The van der Waals surface area contributed by atoms with Crippen LogP contribution in [0.1, 0.15) is 0 Å². The van der Waals surface area contributed by atoms with E-state index in [2.05, 4.69) is 82.3 Å². The number of rotatable bonds is 0. The predicted molar refractivity (Wildman–Crippen MR) is 108 cm³/mol. The zero-order chi connectivity index (χ0) is 17.3. The van der Waals surface area contributed by atoms with Crippen LogP contribution < -0.4 is 0 Å². The molecule has 6 rings (SSSR count). The Hall–Kier alpha value is -3.52. The van der Waals surface area contributed by atoms with Crippen LogP contribution >= 0.6 is 0 Å². The van der Waals surface area contributed by atoms with Gasteiger partial charge in [-0.2, -0.15) is 0 Å². The van der Waals surface area contributed by atoms with Gasteiger partial charge in [0.05, 0.1) is 0 Å². The first-order valence-electron chi connectivity index (χ1n) is 8.59. The SMILES string of the molecule is C1=COC=CO1.c1ccc2c(c1)c1cccc3ccc4cccc2c4c31. The first kappa shape index (κ1) is 14.8. The summed E-state index contributed by atoms with van der Waals surface area (Å²) in [6.07, 6.45) is 5.83. The van der Waals surface area contributed by atoms with Crippen LogP contribution in [0.4, 0.5) is 0 Å². The van der Waals surface area contributed by atoms with E-state index in [-0.39, 0.29) is 0 Å². The fourth-order valence-electron chi connectivity index (χ4n) is 3.78. The third kappa shape index (κ3) is 2.27. The van der Waals surface area contributed by atoms with Crippen molar-refractivity contribution >= 4 is 43.1 Å². The summed E-state index contributed by atoms with van der Waals surface area (Å²) in [4.78, 5) is 0. The number of fused-ring (bicyclic) bond motifs is 3. The monoisotopic (exact) mass is 336 g/mol. The molecule has 0 aromatic heterocycles. The number of benzene rings is 5. The highest BCUT2D eigenvalue weighted by atomic mass is 16.5. The van der Waals surface area contributed by atoms with Gasteiger partial charge in [0.15, 0.2) is 0 Å². The van der Waals surface area contributed by atoms with Crippen LogP contribution in [0.5, 0.6) is 0 Å². The number of ether oxygens (including phenoxy) is 2. The van der Waals surface area contributed by atoms with E-state index in [1.54, 1.807) is 0 Å². The minimum Gasteiger partial charge on any atom is -0.466 e. The van der Waals surface area contributed by atoms with Crippen LogP contribution in [-0.4, -0.2) is 0 Å². The number of hydrogen-bond donors (Lipinski definition) is 0. The van der Waals surface area contributed by atoms with Gasteiger partial charge in [-0.05, 0) is 43.1 Å². The molecule has 0 saturated heterocycles. The molecule has 0 unspecified atom stereocenters. The lowest BCUT2D eigenvalue weighted by molar-refractivity contribution is 0.290. The van der Waals surface area contributed by atoms with E-state index >= 15 is 0 Å². The fraction of sp³-hybridized carbons (Fsp3) is 0. The quantitative estimate of drug-likeness (QED) is 0.231. The van der Waals surface area contributed by atoms with Crippen molar-refractivity contribution in [1.29, 1.82) is 0 Å². The van der Waals surface area contributed by atoms with E-state index in [4.69, 9.17) is 0 Å². The molecule has 2 nitrogen and oxygen atoms in total. The van der Waals surface area contributed by atoms with Crippen molar-refractivity contribution in [2.75, 3.05) is 0 Å². The standard InChI is InChI=1S/C20H12.C4H4O2/c1-2-8-16-15(7-1)17-9-3-5-13-11-12-14-6-4-10-18(16)20(14)19(13)17;1-2-6-4-3-5-1/h1-12H;1-4H. The molecular weight excluding hydrogens is 320 g/mol. The highest BCUT2D eigenvalue weighted by Gasteiger charge is 2.11. The van der Waals surface area contributed by atoms with Gasteiger partial charge in [-0.3, -0.25) is 0 Å². The second kappa shape index (κ2) is 6.08. The molecule has 1 heterocycles. The average Bonchev–Trinajstić information content (AvgIpc) is 2.74. The van der Waals surface area contributed by atoms with Crippen LogP contribution in [-0.2, 0) is 9.47 Å². The van der Waals surface area contributed by atoms with Crippen LogP contribution in [0, 0.1) is 0 Å². The molecule has 5 aromatic rings. The first-order valence-corrected chi connectivity index (χ1v) is 8.59. The zero-order valence-electron chi connectivity index (χ0n) is 14.1. The van der Waals surface area contributed by atoms with E-state index in [0.29, 0.717) is 0 Å². The van der Waals surface area contributed by atoms with Crippen molar-refractivity contribution in [2.45, 2.75) is 0 Å². The summed E-state index contributed by atoms with van der Waals surface area (Å²) in [5.74, 6) is 0. The van der Waals surface area contributed by atoms with Gasteiger partial charge in [-0.15, -0.1) is 0 Å². The van der Waals surface area contributed by atoms with Crippen molar-refractivity contribution in [2.24, 2.45) is 0 Å². The van der Waals surface area contributed by atoms with Crippen molar-refractivity contribution < 1.29 is 9.47 Å². The Kier molecular flexibility index (Phi) is 3.46. The summed E-state index contributed by atoms with van der Waals surface area (Å²) >= 11 is 0. The Labute approximate surface area is 150 Å². The Bertz CT molecular complexity index is 1170. The van der Waals surface area contributed by atoms with Gasteiger partial charge in [0.25, 0.3) is 0 Å². The van der Waals surface area contributed by atoms with Crippen molar-refractivity contribution in [3.05, 3.63) is 97.8 Å². The average molecular weight is 336 g/mol. The molecule has 0 spiro atoms. The van der Waals surface area contributed by atoms with Gasteiger partial charge < -0.3 is 9.47 Å². The summed E-state index contributed by atoms with van der Waals surface area (Å²) in [6, 6.07) is 26.4. The van der Waals surface area contributed by atoms with E-state index in [1.807, 2.05) is 0 Å². The minimum atomic E-state index is 1.33. The van der Waals surface area contributed by atoms with Crippen LogP contribution in [0.3, 0.4) is 0 Å². The molecule has 0 radical (unpaired) electrons. The van der Waals surface area contributed by atoms with Gasteiger partial charge in [-0.25, -0.2) is 0 Å². The highest BCUT2D eigenvalue weighted by Crippen LogP contribution is 2.40. The summed E-state index contributed by atoms with van der Waals surface area (Å²) in [7, 11) is 0. The van der Waals surface area contributed by atoms with E-state index in [0.717, 1.165) is 0 Å². The molecule has 2 heteroatoms. The van der Waals surface area contributed by atoms with Gasteiger partial charge in [0, 0.05) is 0 Å². The lowest BCUT2D eigenvalue weighted by Gasteiger charge is -2.14. The lowest BCUT2D eigenvalue weighted by atomic mass is 9.89. The molecule has 1 aliphatic rings. The predicted octanol–water partition coefficient (Wildman–Crippen LogP) is 6.71. The fourth-order valence-corrected chi connectivity index (χ4v) is 3.78. The van der Waals surface area contributed by atoms with Crippen molar-refractivity contribution in [3.8, 4) is 0 Å². The van der Waals surface area contributed by atoms with E-state index in [9.17, 15) is 0 Å². The molecule has 0 saturated carbocycles. The van der Waals surface area contributed by atoms with Crippen molar-refractivity contribution in [1.82, 2.24) is 0 Å². The molecular formula is C24H16O2. The summed E-state index contributed by atoms with van der Waals surface area (Å²) in [6.45, 7) is 0. The molecule has 5 aromatic carbocycles. The van der Waals surface area contributed by atoms with Crippen molar-refractivity contribution in [3.63, 3.8) is 0 Å². The third-order valence-corrected chi connectivity index (χ3v) is 4.82. The highest BCUT2D eigenvalue weighted by molar-refractivity contribution is 6.33. The molecule has 0 N–H and O–H groups in total. The molecule has 0 fully saturated rings. The van der Waals surface area contributed by atoms with Gasteiger partial charge in [-0.1, -0.05) is 72.8 Å². The number of hydrogen-bond acceptors (Lipinski definition) is 2. The van der Waals surface area contributed by atoms with Crippen LogP contribution in [0.2, 0.25) is 0 Å². The Morgan fingerprint density at radius 1 is 0.385 bits per heavy atom. The molecule has 26 heavy (non-hydrogen) atoms. The molecule has 124 valence electrons. The summed E-state index contributed by atoms with van der Waals surface area (Å²) in [5.41, 5.74) is 0. The molecule has 0 amide bonds. The summed E-state index contributed by atoms with van der Waals surface area (Å²) < 4.78 is 9.17. The second-order valence-corrected chi connectivity index (χ2v) is 6.24. The largest absolute Gasteiger partial charge is 0.466 e. The Morgan fingerprint density at radius 2 is 0.808 bits per heavy atom. The zero-order valence-corrected chi connectivity index (χ0v) is 14.1. The maximum absolute atomic E-state index is 4.58. The van der Waals surface area contributed by atoms with Gasteiger partial charge in [0.1, 0.15) is 25.0 Å². The molecule has 0 bridgehead atoms. The minimum absolute atomic E-state index is 1.33. The maximum atomic E-state index is 4.58.